The molecule has 5 aromatic rings. The average Bonchev–Trinajstić information content (AvgIpc) is 3.28. The van der Waals surface area contributed by atoms with E-state index < -0.39 is 17.6 Å². The summed E-state index contributed by atoms with van der Waals surface area (Å²) in [6, 6.07) is 21.3. The van der Waals surface area contributed by atoms with E-state index >= 15 is 0 Å². The Balaban J connectivity index is 1.43. The zero-order valence-electron chi connectivity index (χ0n) is 19.7. The van der Waals surface area contributed by atoms with Gasteiger partial charge in [0, 0.05) is 10.9 Å². The van der Waals surface area contributed by atoms with Crippen molar-refractivity contribution in [1.29, 1.82) is 0 Å². The van der Waals surface area contributed by atoms with Crippen LogP contribution in [0.5, 0.6) is 11.5 Å². The number of carbonyl (C=O) groups is 1. The topological polar surface area (TPSA) is 76.2 Å². The molecule has 0 radical (unpaired) electrons. The number of amides is 1. The average molecular weight is 505 g/mol. The lowest BCUT2D eigenvalue weighted by Gasteiger charge is -2.14. The maximum atomic E-state index is 13.4. The SMILES string of the molecule is CCOc1ccc2ccccc2c1C(=O)Nc1n[nH]c2ccc(OCc3ccccc3C(F)(F)F)cc12. The van der Waals surface area contributed by atoms with Crippen molar-refractivity contribution in [3.63, 3.8) is 0 Å². The molecule has 6 nitrogen and oxygen atoms in total. The Morgan fingerprint density at radius 1 is 0.946 bits per heavy atom. The number of fused-ring (bicyclic) bond motifs is 2. The molecule has 188 valence electrons. The highest BCUT2D eigenvalue weighted by Crippen LogP contribution is 2.34. The van der Waals surface area contributed by atoms with E-state index in [2.05, 4.69) is 15.5 Å². The summed E-state index contributed by atoms with van der Waals surface area (Å²) in [5.41, 5.74) is 0.288. The molecular weight excluding hydrogens is 483 g/mol. The Labute approximate surface area is 210 Å². The number of alkyl halides is 3. The lowest BCUT2D eigenvalue weighted by Crippen LogP contribution is -2.15. The Kier molecular flexibility index (Phi) is 6.43. The Hall–Kier alpha value is -4.53. The fourth-order valence-electron chi connectivity index (χ4n) is 4.19. The number of H-pyrrole nitrogens is 1. The van der Waals surface area contributed by atoms with Crippen LogP contribution in [-0.4, -0.2) is 22.7 Å². The van der Waals surface area contributed by atoms with Gasteiger partial charge < -0.3 is 14.8 Å². The van der Waals surface area contributed by atoms with Crippen molar-refractivity contribution in [2.24, 2.45) is 0 Å². The van der Waals surface area contributed by atoms with Crippen LogP contribution < -0.4 is 14.8 Å². The van der Waals surface area contributed by atoms with Crippen LogP contribution in [0.3, 0.4) is 0 Å². The normalized spacial score (nSPS) is 11.6. The molecule has 1 aromatic heterocycles. The van der Waals surface area contributed by atoms with Gasteiger partial charge in [-0.2, -0.15) is 18.3 Å². The van der Waals surface area contributed by atoms with E-state index in [1.807, 2.05) is 37.3 Å². The molecule has 0 fully saturated rings. The summed E-state index contributed by atoms with van der Waals surface area (Å²) < 4.78 is 51.3. The predicted octanol–water partition coefficient (Wildman–Crippen LogP) is 6.96. The number of ether oxygens (including phenoxy) is 2. The molecule has 5 rings (SSSR count). The first-order valence-electron chi connectivity index (χ1n) is 11.6. The van der Waals surface area contributed by atoms with Gasteiger partial charge >= 0.3 is 6.18 Å². The zero-order valence-corrected chi connectivity index (χ0v) is 19.7. The number of aromatic amines is 1. The molecule has 0 bridgehead atoms. The van der Waals surface area contributed by atoms with Crippen LogP contribution in [0.25, 0.3) is 21.7 Å². The second kappa shape index (κ2) is 9.85. The number of hydrogen-bond donors (Lipinski definition) is 2. The summed E-state index contributed by atoms with van der Waals surface area (Å²) in [5, 5.41) is 12.1. The molecule has 4 aromatic carbocycles. The van der Waals surface area contributed by atoms with Crippen molar-refractivity contribution in [3.8, 4) is 11.5 Å². The number of hydrogen-bond acceptors (Lipinski definition) is 4. The summed E-state index contributed by atoms with van der Waals surface area (Å²) in [7, 11) is 0. The first-order valence-corrected chi connectivity index (χ1v) is 11.6. The van der Waals surface area contributed by atoms with Crippen molar-refractivity contribution in [2.75, 3.05) is 11.9 Å². The van der Waals surface area contributed by atoms with Crippen LogP contribution in [0, 0.1) is 0 Å². The van der Waals surface area contributed by atoms with Crippen LogP contribution >= 0.6 is 0 Å². The monoisotopic (exact) mass is 505 g/mol. The third kappa shape index (κ3) is 4.93. The summed E-state index contributed by atoms with van der Waals surface area (Å²) in [5.74, 6) is 0.642. The van der Waals surface area contributed by atoms with Gasteiger partial charge in [0.1, 0.15) is 18.1 Å². The smallest absolute Gasteiger partial charge is 0.416 e. The standard InChI is InChI=1S/C28H22F3N3O3/c1-2-36-24-14-11-17-7-3-5-9-20(17)25(24)27(35)32-26-21-15-19(12-13-23(21)33-34-26)37-16-18-8-4-6-10-22(18)28(29,30)31/h3-15H,2,16H2,1H3,(H2,32,33,34,35). The molecule has 0 atom stereocenters. The van der Waals surface area contributed by atoms with Gasteiger partial charge in [-0.1, -0.05) is 48.5 Å². The second-order valence-electron chi connectivity index (χ2n) is 8.27. The maximum Gasteiger partial charge on any atom is 0.416 e. The van der Waals surface area contributed by atoms with E-state index in [4.69, 9.17) is 9.47 Å². The van der Waals surface area contributed by atoms with Gasteiger partial charge in [0.05, 0.1) is 23.3 Å². The molecule has 37 heavy (non-hydrogen) atoms. The fourth-order valence-corrected chi connectivity index (χ4v) is 4.19. The lowest BCUT2D eigenvalue weighted by molar-refractivity contribution is -0.138. The van der Waals surface area contributed by atoms with E-state index in [9.17, 15) is 18.0 Å². The number of rotatable bonds is 7. The zero-order chi connectivity index (χ0) is 26.0. The molecule has 9 heteroatoms. The Morgan fingerprint density at radius 3 is 2.54 bits per heavy atom. The molecule has 0 aliphatic carbocycles. The molecule has 0 aliphatic rings. The molecule has 1 amide bonds. The highest BCUT2D eigenvalue weighted by atomic mass is 19.4. The summed E-state index contributed by atoms with van der Waals surface area (Å²) in [4.78, 5) is 13.4. The summed E-state index contributed by atoms with van der Waals surface area (Å²) in [6.07, 6.45) is -4.48. The van der Waals surface area contributed by atoms with Gasteiger partial charge in [-0.15, -0.1) is 0 Å². The molecule has 0 saturated heterocycles. The molecule has 0 unspecified atom stereocenters. The van der Waals surface area contributed by atoms with Crippen molar-refractivity contribution in [3.05, 3.63) is 95.6 Å². The van der Waals surface area contributed by atoms with Gasteiger partial charge in [-0.05, 0) is 48.0 Å². The van der Waals surface area contributed by atoms with Gasteiger partial charge in [0.15, 0.2) is 5.82 Å². The predicted molar refractivity (Wildman–Crippen MR) is 135 cm³/mol. The van der Waals surface area contributed by atoms with Gasteiger partial charge in [0.2, 0.25) is 0 Å². The van der Waals surface area contributed by atoms with Crippen LogP contribution in [0.4, 0.5) is 19.0 Å². The van der Waals surface area contributed by atoms with Crippen molar-refractivity contribution in [1.82, 2.24) is 10.2 Å². The minimum absolute atomic E-state index is 0.0234. The number of aromatic nitrogens is 2. The summed E-state index contributed by atoms with van der Waals surface area (Å²) in [6.45, 7) is 1.96. The van der Waals surface area contributed by atoms with E-state index in [0.717, 1.165) is 16.8 Å². The maximum absolute atomic E-state index is 13.4. The first kappa shape index (κ1) is 24.2. The highest BCUT2D eigenvalue weighted by Gasteiger charge is 2.33. The second-order valence-corrected chi connectivity index (χ2v) is 8.27. The number of benzene rings is 4. The molecule has 2 N–H and O–H groups in total. The quantitative estimate of drug-likeness (QED) is 0.251. The number of nitrogens with one attached hydrogen (secondary N) is 2. The van der Waals surface area contributed by atoms with E-state index in [1.54, 1.807) is 24.3 Å². The van der Waals surface area contributed by atoms with Crippen molar-refractivity contribution in [2.45, 2.75) is 19.7 Å². The van der Waals surface area contributed by atoms with Crippen molar-refractivity contribution >= 4 is 33.4 Å². The van der Waals surface area contributed by atoms with E-state index in [0.29, 0.717) is 34.6 Å². The number of carbonyl (C=O) groups excluding carboxylic acids is 1. The van der Waals surface area contributed by atoms with Crippen LogP contribution in [0.1, 0.15) is 28.4 Å². The minimum Gasteiger partial charge on any atom is -0.493 e. The minimum atomic E-state index is -4.48. The van der Waals surface area contributed by atoms with E-state index in [1.165, 1.54) is 18.2 Å². The van der Waals surface area contributed by atoms with Crippen LogP contribution in [0.2, 0.25) is 0 Å². The Morgan fingerprint density at radius 2 is 1.73 bits per heavy atom. The molecule has 0 aliphatic heterocycles. The van der Waals surface area contributed by atoms with Gasteiger partial charge in [-0.3, -0.25) is 9.89 Å². The van der Waals surface area contributed by atoms with Crippen molar-refractivity contribution < 1.29 is 27.4 Å². The Bertz CT molecular complexity index is 1590. The number of halogens is 3. The third-order valence-corrected chi connectivity index (χ3v) is 5.90. The summed E-state index contributed by atoms with van der Waals surface area (Å²) >= 11 is 0. The van der Waals surface area contributed by atoms with E-state index in [-0.39, 0.29) is 18.0 Å². The number of anilines is 1. The van der Waals surface area contributed by atoms with Gasteiger partial charge in [0.25, 0.3) is 5.91 Å². The number of nitrogens with zero attached hydrogens (tertiary/aromatic N) is 1. The lowest BCUT2D eigenvalue weighted by atomic mass is 10.0. The molecule has 1 heterocycles. The molecular formula is C28H22F3N3O3. The molecule has 0 saturated carbocycles. The van der Waals surface area contributed by atoms with Crippen LogP contribution in [0.15, 0.2) is 78.9 Å². The largest absolute Gasteiger partial charge is 0.493 e. The van der Waals surface area contributed by atoms with Crippen LogP contribution in [-0.2, 0) is 12.8 Å². The first-order chi connectivity index (χ1) is 17.8. The fraction of sp³-hybridized carbons (Fsp3) is 0.143. The van der Waals surface area contributed by atoms with Gasteiger partial charge in [-0.25, -0.2) is 0 Å². The molecule has 0 spiro atoms. The third-order valence-electron chi connectivity index (χ3n) is 5.90. The highest BCUT2D eigenvalue weighted by molar-refractivity contribution is 6.16.